The van der Waals surface area contributed by atoms with Crippen LogP contribution in [0.4, 0.5) is 0 Å². The highest BCUT2D eigenvalue weighted by atomic mass is 35.5. The van der Waals surface area contributed by atoms with E-state index >= 15 is 0 Å². The first-order valence-corrected chi connectivity index (χ1v) is 9.17. The molecule has 0 aliphatic rings. The standard InChI is InChI=1S/C22H15ClN4O2/c1-27-19-10-9-18(22(29)13-5-7-14(23)8-6-13)26-21(19)16(11-20(27)28)17-4-2-3-15(12-24)25-17/h2-11,22,29H,1H3. The number of aryl methyl sites for hydroxylation is 1. The molecule has 3 heterocycles. The van der Waals surface area contributed by atoms with Crippen molar-refractivity contribution in [3.05, 3.63) is 93.0 Å². The second kappa shape index (κ2) is 7.47. The molecule has 1 aromatic carbocycles. The molecule has 0 aliphatic carbocycles. The van der Waals surface area contributed by atoms with Gasteiger partial charge in [0.1, 0.15) is 17.9 Å². The third kappa shape index (κ3) is 3.49. The molecule has 0 saturated carbocycles. The van der Waals surface area contributed by atoms with Crippen LogP contribution in [0.15, 0.2) is 65.5 Å². The molecule has 0 saturated heterocycles. The van der Waals surface area contributed by atoms with Gasteiger partial charge >= 0.3 is 0 Å². The molecule has 0 aliphatic heterocycles. The summed E-state index contributed by atoms with van der Waals surface area (Å²) in [5.74, 6) is 0. The summed E-state index contributed by atoms with van der Waals surface area (Å²) in [6.07, 6.45) is -0.958. The van der Waals surface area contributed by atoms with E-state index in [0.29, 0.717) is 38.6 Å². The van der Waals surface area contributed by atoms with E-state index in [4.69, 9.17) is 16.9 Å². The van der Waals surface area contributed by atoms with E-state index in [1.807, 2.05) is 6.07 Å². The van der Waals surface area contributed by atoms with E-state index in [1.165, 1.54) is 10.6 Å². The van der Waals surface area contributed by atoms with Crippen LogP contribution in [0.3, 0.4) is 0 Å². The maximum Gasteiger partial charge on any atom is 0.251 e. The molecule has 0 fully saturated rings. The molecule has 1 N–H and O–H groups in total. The fourth-order valence-electron chi connectivity index (χ4n) is 3.15. The minimum atomic E-state index is -0.958. The van der Waals surface area contributed by atoms with Gasteiger partial charge in [0.15, 0.2) is 0 Å². The summed E-state index contributed by atoms with van der Waals surface area (Å²) in [6, 6.07) is 18.8. The van der Waals surface area contributed by atoms with Crippen molar-refractivity contribution in [1.82, 2.24) is 14.5 Å². The van der Waals surface area contributed by atoms with Crippen molar-refractivity contribution in [2.24, 2.45) is 7.05 Å². The van der Waals surface area contributed by atoms with Crippen molar-refractivity contribution in [2.45, 2.75) is 6.10 Å². The number of nitriles is 1. The molecule has 0 radical (unpaired) electrons. The largest absolute Gasteiger partial charge is 0.382 e. The van der Waals surface area contributed by atoms with Crippen molar-refractivity contribution in [1.29, 1.82) is 5.26 Å². The Labute approximate surface area is 171 Å². The van der Waals surface area contributed by atoms with Crippen molar-refractivity contribution >= 4 is 22.6 Å². The van der Waals surface area contributed by atoms with Gasteiger partial charge in [-0.2, -0.15) is 5.26 Å². The van der Waals surface area contributed by atoms with Crippen LogP contribution in [0.5, 0.6) is 0 Å². The predicted molar refractivity (Wildman–Crippen MR) is 110 cm³/mol. The van der Waals surface area contributed by atoms with Crippen LogP contribution >= 0.6 is 11.6 Å². The SMILES string of the molecule is Cn1c(=O)cc(-c2cccc(C#N)n2)c2nc(C(O)c3ccc(Cl)cc3)ccc21. The second-order valence-electron chi connectivity index (χ2n) is 6.53. The minimum Gasteiger partial charge on any atom is -0.382 e. The number of aliphatic hydroxyl groups is 1. The van der Waals surface area contributed by atoms with Crippen molar-refractivity contribution in [3.8, 4) is 17.3 Å². The topological polar surface area (TPSA) is 91.8 Å². The van der Waals surface area contributed by atoms with Gasteiger partial charge in [-0.3, -0.25) is 4.79 Å². The van der Waals surface area contributed by atoms with Gasteiger partial charge < -0.3 is 9.67 Å². The Morgan fingerprint density at radius 3 is 2.59 bits per heavy atom. The Morgan fingerprint density at radius 2 is 1.86 bits per heavy atom. The van der Waals surface area contributed by atoms with E-state index in [0.717, 1.165) is 0 Å². The van der Waals surface area contributed by atoms with Crippen LogP contribution in [0, 0.1) is 11.3 Å². The third-order valence-electron chi connectivity index (χ3n) is 4.72. The Kier molecular flexibility index (Phi) is 4.85. The van der Waals surface area contributed by atoms with Gasteiger partial charge in [-0.05, 0) is 42.0 Å². The molecule has 4 rings (SSSR count). The number of fused-ring (bicyclic) bond motifs is 1. The smallest absolute Gasteiger partial charge is 0.251 e. The first-order chi connectivity index (χ1) is 14.0. The van der Waals surface area contributed by atoms with Gasteiger partial charge in [0.25, 0.3) is 5.56 Å². The van der Waals surface area contributed by atoms with E-state index < -0.39 is 6.10 Å². The molecule has 0 bridgehead atoms. The molecule has 1 unspecified atom stereocenters. The van der Waals surface area contributed by atoms with Crippen molar-refractivity contribution in [3.63, 3.8) is 0 Å². The van der Waals surface area contributed by atoms with E-state index in [1.54, 1.807) is 61.6 Å². The Hall–Kier alpha value is -3.53. The summed E-state index contributed by atoms with van der Waals surface area (Å²) in [7, 11) is 1.66. The van der Waals surface area contributed by atoms with Crippen LogP contribution in [-0.4, -0.2) is 19.6 Å². The highest BCUT2D eigenvalue weighted by molar-refractivity contribution is 6.30. The molecule has 142 valence electrons. The van der Waals surface area contributed by atoms with Gasteiger partial charge in [-0.25, -0.2) is 9.97 Å². The second-order valence-corrected chi connectivity index (χ2v) is 6.97. The number of hydrogen-bond acceptors (Lipinski definition) is 5. The average molecular weight is 403 g/mol. The Morgan fingerprint density at radius 1 is 1.10 bits per heavy atom. The Balaban J connectivity index is 1.93. The fraction of sp³-hybridized carbons (Fsp3) is 0.0909. The third-order valence-corrected chi connectivity index (χ3v) is 4.97. The van der Waals surface area contributed by atoms with Crippen LogP contribution in [0.2, 0.25) is 5.02 Å². The molecule has 3 aromatic heterocycles. The Bertz CT molecular complexity index is 1320. The fourth-order valence-corrected chi connectivity index (χ4v) is 3.28. The molecule has 29 heavy (non-hydrogen) atoms. The monoisotopic (exact) mass is 402 g/mol. The zero-order valence-electron chi connectivity index (χ0n) is 15.4. The summed E-state index contributed by atoms with van der Waals surface area (Å²) < 4.78 is 1.48. The summed E-state index contributed by atoms with van der Waals surface area (Å²) in [5, 5.41) is 20.5. The number of nitrogens with zero attached hydrogens (tertiary/aromatic N) is 4. The van der Waals surface area contributed by atoms with Gasteiger partial charge in [0.2, 0.25) is 0 Å². The van der Waals surface area contributed by atoms with Crippen LogP contribution in [0.1, 0.15) is 23.1 Å². The lowest BCUT2D eigenvalue weighted by atomic mass is 10.0. The lowest BCUT2D eigenvalue weighted by molar-refractivity contribution is 0.216. The lowest BCUT2D eigenvalue weighted by Crippen LogP contribution is -2.17. The molecule has 6 nitrogen and oxygen atoms in total. The number of pyridine rings is 3. The molecular weight excluding hydrogens is 388 g/mol. The number of rotatable bonds is 3. The van der Waals surface area contributed by atoms with Gasteiger partial charge in [-0.15, -0.1) is 0 Å². The van der Waals surface area contributed by atoms with Gasteiger partial charge in [0, 0.05) is 23.7 Å². The quantitative estimate of drug-likeness (QED) is 0.565. The zero-order chi connectivity index (χ0) is 20.5. The van der Waals surface area contributed by atoms with Crippen molar-refractivity contribution in [2.75, 3.05) is 0 Å². The molecule has 1 atom stereocenters. The first-order valence-electron chi connectivity index (χ1n) is 8.79. The van der Waals surface area contributed by atoms with E-state index in [2.05, 4.69) is 9.97 Å². The highest BCUT2D eigenvalue weighted by Gasteiger charge is 2.17. The minimum absolute atomic E-state index is 0.218. The molecule has 4 aromatic rings. The summed E-state index contributed by atoms with van der Waals surface area (Å²) >= 11 is 5.93. The molecule has 7 heteroatoms. The van der Waals surface area contributed by atoms with E-state index in [9.17, 15) is 9.90 Å². The maximum absolute atomic E-state index is 12.4. The van der Waals surface area contributed by atoms with E-state index in [-0.39, 0.29) is 11.3 Å². The summed E-state index contributed by atoms with van der Waals surface area (Å²) in [5.41, 5.74) is 3.19. The molecule has 0 amide bonds. The number of aliphatic hydroxyl groups excluding tert-OH is 1. The average Bonchev–Trinajstić information content (AvgIpc) is 2.76. The zero-order valence-corrected chi connectivity index (χ0v) is 16.1. The highest BCUT2D eigenvalue weighted by Crippen LogP contribution is 2.28. The normalized spacial score (nSPS) is 11.9. The van der Waals surface area contributed by atoms with Crippen molar-refractivity contribution < 1.29 is 5.11 Å². The molecular formula is C22H15ClN4O2. The van der Waals surface area contributed by atoms with Gasteiger partial charge in [-0.1, -0.05) is 29.8 Å². The molecule has 0 spiro atoms. The maximum atomic E-state index is 12.4. The van der Waals surface area contributed by atoms with Crippen LogP contribution in [0.25, 0.3) is 22.3 Å². The van der Waals surface area contributed by atoms with Crippen LogP contribution in [-0.2, 0) is 7.05 Å². The number of benzene rings is 1. The first kappa shape index (κ1) is 18.8. The van der Waals surface area contributed by atoms with Crippen LogP contribution < -0.4 is 5.56 Å². The summed E-state index contributed by atoms with van der Waals surface area (Å²) in [6.45, 7) is 0. The van der Waals surface area contributed by atoms with Gasteiger partial charge in [0.05, 0.1) is 22.4 Å². The summed E-state index contributed by atoms with van der Waals surface area (Å²) in [4.78, 5) is 21.4. The lowest BCUT2D eigenvalue weighted by Gasteiger charge is -2.14. The number of hydrogen-bond donors (Lipinski definition) is 1. The predicted octanol–water partition coefficient (Wildman–Crippen LogP) is 3.60. The number of halogens is 1. The number of aromatic nitrogens is 3.